The summed E-state index contributed by atoms with van der Waals surface area (Å²) in [5, 5.41) is 3.79. The highest BCUT2D eigenvalue weighted by molar-refractivity contribution is 7.90. The lowest BCUT2D eigenvalue weighted by molar-refractivity contribution is 0.343. The van der Waals surface area contributed by atoms with E-state index in [0.29, 0.717) is 31.3 Å². The molecule has 9 heteroatoms. The summed E-state index contributed by atoms with van der Waals surface area (Å²) in [7, 11) is -3.69. The van der Waals surface area contributed by atoms with E-state index in [-0.39, 0.29) is 10.9 Å². The summed E-state index contributed by atoms with van der Waals surface area (Å²) in [4.78, 5) is 6.34. The number of benzene rings is 2. The summed E-state index contributed by atoms with van der Waals surface area (Å²) in [5.74, 6) is 0.640. The number of rotatable bonds is 10. The average molecular weight is 509 g/mol. The Labute approximate surface area is 211 Å². The van der Waals surface area contributed by atoms with Crippen LogP contribution in [0.2, 0.25) is 0 Å². The summed E-state index contributed by atoms with van der Waals surface area (Å²) >= 11 is 5.61. The summed E-state index contributed by atoms with van der Waals surface area (Å²) in [6.45, 7) is 3.84. The van der Waals surface area contributed by atoms with E-state index >= 15 is 0 Å². The van der Waals surface area contributed by atoms with Gasteiger partial charge in [-0.25, -0.2) is 13.4 Å². The average Bonchev–Trinajstić information content (AvgIpc) is 3.50. The molecule has 2 aromatic heterocycles. The standard InChI is InChI=1S/C26H28N4O3S2/c1-2-27-25(34)29(19-24-14-9-15-33-24)18-23-16-28-26(30(23)17-21-10-5-3-6-11-21)35(31,32)20-22-12-7-4-8-13-22/h3-16H,2,17-20H2,1H3,(H,27,34). The highest BCUT2D eigenvalue weighted by Gasteiger charge is 2.25. The van der Waals surface area contributed by atoms with Gasteiger partial charge in [0.2, 0.25) is 15.0 Å². The smallest absolute Gasteiger partial charge is 0.228 e. The van der Waals surface area contributed by atoms with E-state index in [1.54, 1.807) is 17.0 Å². The topological polar surface area (TPSA) is 80.4 Å². The van der Waals surface area contributed by atoms with Gasteiger partial charge in [0.1, 0.15) is 5.76 Å². The van der Waals surface area contributed by atoms with Crippen molar-refractivity contribution in [3.8, 4) is 0 Å². The van der Waals surface area contributed by atoms with Crippen LogP contribution in [0.15, 0.2) is 94.8 Å². The second-order valence-corrected chi connectivity index (χ2v) is 10.4. The molecular weight excluding hydrogens is 480 g/mol. The van der Waals surface area contributed by atoms with E-state index in [4.69, 9.17) is 16.6 Å². The lowest BCUT2D eigenvalue weighted by Crippen LogP contribution is -2.39. The van der Waals surface area contributed by atoms with Crippen LogP contribution in [0, 0.1) is 0 Å². The van der Waals surface area contributed by atoms with Gasteiger partial charge in [0.05, 0.1) is 43.5 Å². The van der Waals surface area contributed by atoms with Crippen molar-refractivity contribution >= 4 is 27.2 Å². The minimum atomic E-state index is -3.69. The summed E-state index contributed by atoms with van der Waals surface area (Å²) in [6, 6.07) is 22.6. The number of thiocarbonyl (C=S) groups is 1. The lowest BCUT2D eigenvalue weighted by atomic mass is 10.2. The molecule has 4 aromatic rings. The quantitative estimate of drug-likeness (QED) is 0.318. The third-order valence-electron chi connectivity index (χ3n) is 5.46. The van der Waals surface area contributed by atoms with Gasteiger partial charge in [-0.3, -0.25) is 0 Å². The number of furan rings is 1. The maximum atomic E-state index is 13.5. The first-order chi connectivity index (χ1) is 17.0. The largest absolute Gasteiger partial charge is 0.467 e. The number of aromatic nitrogens is 2. The molecular formula is C26H28N4O3S2. The first-order valence-electron chi connectivity index (χ1n) is 11.4. The summed E-state index contributed by atoms with van der Waals surface area (Å²) in [5.41, 5.74) is 2.44. The fraction of sp³-hybridized carbons (Fsp3) is 0.231. The molecule has 0 aliphatic heterocycles. The number of nitrogens with one attached hydrogen (secondary N) is 1. The molecule has 4 rings (SSSR count). The molecule has 2 heterocycles. The maximum absolute atomic E-state index is 13.5. The Morgan fingerprint density at radius 2 is 1.69 bits per heavy atom. The van der Waals surface area contributed by atoms with Gasteiger partial charge in [0, 0.05) is 6.54 Å². The van der Waals surface area contributed by atoms with E-state index in [9.17, 15) is 8.42 Å². The molecule has 0 saturated carbocycles. The molecule has 1 N–H and O–H groups in total. The third kappa shape index (κ3) is 6.37. The van der Waals surface area contributed by atoms with Gasteiger partial charge in [-0.2, -0.15) is 0 Å². The van der Waals surface area contributed by atoms with Crippen LogP contribution in [0.5, 0.6) is 0 Å². The predicted octanol–water partition coefficient (Wildman–Crippen LogP) is 4.39. The summed E-state index contributed by atoms with van der Waals surface area (Å²) < 4.78 is 34.2. The first-order valence-corrected chi connectivity index (χ1v) is 13.4. The Kier molecular flexibility index (Phi) is 7.99. The van der Waals surface area contributed by atoms with Gasteiger partial charge in [-0.15, -0.1) is 0 Å². The van der Waals surface area contributed by atoms with Crippen LogP contribution in [0.1, 0.15) is 29.5 Å². The highest BCUT2D eigenvalue weighted by Crippen LogP contribution is 2.21. The van der Waals surface area contributed by atoms with Gasteiger partial charge < -0.3 is 19.2 Å². The zero-order valence-corrected chi connectivity index (χ0v) is 21.1. The van der Waals surface area contributed by atoms with Crippen LogP contribution in [0.3, 0.4) is 0 Å². The molecule has 0 fully saturated rings. The van der Waals surface area contributed by atoms with Crippen LogP contribution in [0.25, 0.3) is 0 Å². The molecule has 0 spiro atoms. The number of imidazole rings is 1. The van der Waals surface area contributed by atoms with Crippen molar-refractivity contribution in [2.45, 2.75) is 37.5 Å². The first kappa shape index (κ1) is 24.7. The third-order valence-corrected chi connectivity index (χ3v) is 7.46. The van der Waals surface area contributed by atoms with Crippen LogP contribution in [-0.2, 0) is 35.2 Å². The number of hydrogen-bond donors (Lipinski definition) is 1. The van der Waals surface area contributed by atoms with Crippen molar-refractivity contribution < 1.29 is 12.8 Å². The normalized spacial score (nSPS) is 11.3. The van der Waals surface area contributed by atoms with E-state index < -0.39 is 9.84 Å². The lowest BCUT2D eigenvalue weighted by Gasteiger charge is -2.25. The van der Waals surface area contributed by atoms with Crippen molar-refractivity contribution in [1.82, 2.24) is 19.8 Å². The van der Waals surface area contributed by atoms with Gasteiger partial charge >= 0.3 is 0 Å². The monoisotopic (exact) mass is 508 g/mol. The second-order valence-electron chi connectivity index (χ2n) is 8.12. The van der Waals surface area contributed by atoms with Crippen LogP contribution >= 0.6 is 12.2 Å². The van der Waals surface area contributed by atoms with Gasteiger partial charge in [-0.05, 0) is 42.4 Å². The molecule has 7 nitrogen and oxygen atoms in total. The predicted molar refractivity (Wildman–Crippen MR) is 139 cm³/mol. The maximum Gasteiger partial charge on any atom is 0.228 e. The Morgan fingerprint density at radius 3 is 2.31 bits per heavy atom. The molecule has 0 saturated heterocycles. The Morgan fingerprint density at radius 1 is 1.00 bits per heavy atom. The van der Waals surface area contributed by atoms with Gasteiger partial charge in [-0.1, -0.05) is 60.7 Å². The second kappa shape index (κ2) is 11.3. The molecule has 0 aliphatic rings. The summed E-state index contributed by atoms with van der Waals surface area (Å²) in [6.07, 6.45) is 3.25. The Balaban J connectivity index is 1.70. The number of sulfone groups is 1. The molecule has 0 radical (unpaired) electrons. The van der Waals surface area contributed by atoms with E-state index in [2.05, 4.69) is 10.3 Å². The minimum absolute atomic E-state index is 0.0486. The fourth-order valence-corrected chi connectivity index (χ4v) is 5.57. The molecule has 182 valence electrons. The van der Waals surface area contributed by atoms with Crippen LogP contribution in [0.4, 0.5) is 0 Å². The number of hydrogen-bond acceptors (Lipinski definition) is 5. The minimum Gasteiger partial charge on any atom is -0.467 e. The van der Waals surface area contributed by atoms with E-state index in [1.807, 2.05) is 84.6 Å². The zero-order valence-electron chi connectivity index (χ0n) is 19.5. The van der Waals surface area contributed by atoms with Crippen molar-refractivity contribution in [2.24, 2.45) is 0 Å². The van der Waals surface area contributed by atoms with Crippen LogP contribution in [-0.4, -0.2) is 34.5 Å². The highest BCUT2D eigenvalue weighted by atomic mass is 32.2. The van der Waals surface area contributed by atoms with E-state index in [0.717, 1.165) is 22.6 Å². The SMILES string of the molecule is CCNC(=S)N(Cc1ccco1)Cc1cnc(S(=O)(=O)Cc2ccccc2)n1Cc1ccccc1. The molecule has 35 heavy (non-hydrogen) atoms. The van der Waals surface area contributed by atoms with E-state index in [1.165, 1.54) is 0 Å². The Bertz CT molecular complexity index is 1340. The fourth-order valence-electron chi connectivity index (χ4n) is 3.81. The van der Waals surface area contributed by atoms with Crippen molar-refractivity contribution in [3.05, 3.63) is 108 Å². The Hall–Kier alpha value is -3.43. The van der Waals surface area contributed by atoms with Crippen molar-refractivity contribution in [1.29, 1.82) is 0 Å². The molecule has 0 unspecified atom stereocenters. The van der Waals surface area contributed by atoms with Crippen molar-refractivity contribution in [3.63, 3.8) is 0 Å². The zero-order chi connectivity index (χ0) is 24.7. The molecule has 0 amide bonds. The number of nitrogens with zero attached hydrogens (tertiary/aromatic N) is 3. The molecule has 0 aliphatic carbocycles. The van der Waals surface area contributed by atoms with Gasteiger partial charge in [0.15, 0.2) is 5.11 Å². The molecule has 0 atom stereocenters. The molecule has 0 bridgehead atoms. The van der Waals surface area contributed by atoms with Crippen LogP contribution < -0.4 is 5.32 Å². The van der Waals surface area contributed by atoms with Crippen molar-refractivity contribution in [2.75, 3.05) is 6.54 Å². The van der Waals surface area contributed by atoms with Gasteiger partial charge in [0.25, 0.3) is 0 Å². The molecule has 2 aromatic carbocycles.